The Kier molecular flexibility index (Phi) is 5.45. The van der Waals surface area contributed by atoms with Crippen molar-refractivity contribution in [2.24, 2.45) is 0 Å². The van der Waals surface area contributed by atoms with Gasteiger partial charge in [-0.25, -0.2) is 0 Å². The second-order valence-corrected chi connectivity index (χ2v) is 7.01. The van der Waals surface area contributed by atoms with E-state index in [4.69, 9.17) is 9.47 Å². The van der Waals surface area contributed by atoms with Crippen LogP contribution in [0.15, 0.2) is 84.4 Å². The smallest absolute Gasteiger partial charge is 0.300 e. The molecule has 1 heterocycles. The standard InChI is InChI=1S/C25H21NO5/c1-30-19-12-8-17(9-13-19)23(27)21-22(16-6-4-3-5-7-16)26(25(29)24(21)28)18-10-14-20(31-2)15-11-18/h3-15,22,27H,1-2H3/t22-/m0/s1. The lowest BCUT2D eigenvalue weighted by molar-refractivity contribution is -0.132. The molecule has 3 aromatic carbocycles. The van der Waals surface area contributed by atoms with Crippen LogP contribution in [0.3, 0.4) is 0 Å². The molecule has 4 rings (SSSR count). The summed E-state index contributed by atoms with van der Waals surface area (Å²) in [6.45, 7) is 0. The maximum absolute atomic E-state index is 13.1. The van der Waals surface area contributed by atoms with Crippen LogP contribution >= 0.6 is 0 Å². The van der Waals surface area contributed by atoms with Crippen molar-refractivity contribution in [2.75, 3.05) is 19.1 Å². The maximum atomic E-state index is 13.1. The minimum atomic E-state index is -0.767. The summed E-state index contributed by atoms with van der Waals surface area (Å²) in [5.41, 5.74) is 1.71. The average molecular weight is 415 g/mol. The molecule has 1 amide bonds. The predicted octanol–water partition coefficient (Wildman–Crippen LogP) is 4.33. The molecular weight excluding hydrogens is 394 g/mol. The molecule has 6 heteroatoms. The highest BCUT2D eigenvalue weighted by atomic mass is 16.5. The van der Waals surface area contributed by atoms with E-state index in [9.17, 15) is 14.7 Å². The fourth-order valence-electron chi connectivity index (χ4n) is 3.70. The number of methoxy groups -OCH3 is 2. The molecule has 1 N–H and O–H groups in total. The first-order valence-corrected chi connectivity index (χ1v) is 9.69. The number of rotatable bonds is 5. The van der Waals surface area contributed by atoms with Gasteiger partial charge in [-0.3, -0.25) is 14.5 Å². The third kappa shape index (κ3) is 3.64. The Balaban J connectivity index is 1.88. The summed E-state index contributed by atoms with van der Waals surface area (Å²) >= 11 is 0. The first-order valence-electron chi connectivity index (χ1n) is 9.69. The van der Waals surface area contributed by atoms with Crippen molar-refractivity contribution >= 4 is 23.1 Å². The number of Topliss-reactive ketones (excluding diaryl/α,β-unsaturated/α-hetero) is 1. The number of aliphatic hydroxyl groups is 1. The van der Waals surface area contributed by atoms with E-state index in [1.807, 2.05) is 30.3 Å². The monoisotopic (exact) mass is 415 g/mol. The zero-order valence-electron chi connectivity index (χ0n) is 17.1. The lowest BCUT2D eigenvalue weighted by Gasteiger charge is -2.25. The van der Waals surface area contributed by atoms with Gasteiger partial charge in [-0.2, -0.15) is 0 Å². The molecule has 0 unspecified atom stereocenters. The lowest BCUT2D eigenvalue weighted by atomic mass is 9.95. The zero-order valence-corrected chi connectivity index (χ0v) is 17.1. The van der Waals surface area contributed by atoms with Crippen molar-refractivity contribution in [1.29, 1.82) is 0 Å². The van der Waals surface area contributed by atoms with Crippen LogP contribution in [0.25, 0.3) is 5.76 Å². The largest absolute Gasteiger partial charge is 0.507 e. The summed E-state index contributed by atoms with van der Waals surface area (Å²) in [5, 5.41) is 11.1. The molecule has 1 aliphatic rings. The van der Waals surface area contributed by atoms with Crippen molar-refractivity contribution in [2.45, 2.75) is 6.04 Å². The SMILES string of the molecule is COc1ccc(C(O)=C2C(=O)C(=O)N(c3ccc(OC)cc3)[C@H]2c2ccccc2)cc1. The van der Waals surface area contributed by atoms with Gasteiger partial charge in [-0.15, -0.1) is 0 Å². The van der Waals surface area contributed by atoms with Crippen LogP contribution in [0.4, 0.5) is 5.69 Å². The third-order valence-electron chi connectivity index (χ3n) is 5.27. The molecular formula is C25H21NO5. The molecule has 0 bridgehead atoms. The molecule has 0 saturated carbocycles. The fourth-order valence-corrected chi connectivity index (χ4v) is 3.70. The zero-order chi connectivity index (χ0) is 22.0. The Bertz CT molecular complexity index is 1130. The van der Waals surface area contributed by atoms with Gasteiger partial charge in [-0.1, -0.05) is 30.3 Å². The van der Waals surface area contributed by atoms with Crippen LogP contribution in [-0.2, 0) is 9.59 Å². The second kappa shape index (κ2) is 8.36. The van der Waals surface area contributed by atoms with E-state index in [0.29, 0.717) is 28.3 Å². The summed E-state index contributed by atoms with van der Waals surface area (Å²) < 4.78 is 10.4. The summed E-state index contributed by atoms with van der Waals surface area (Å²) in [6.07, 6.45) is 0. The number of carbonyl (C=O) groups excluding carboxylic acids is 2. The van der Waals surface area contributed by atoms with Crippen LogP contribution in [0.5, 0.6) is 11.5 Å². The van der Waals surface area contributed by atoms with Crippen molar-refractivity contribution in [1.82, 2.24) is 0 Å². The fraction of sp³-hybridized carbons (Fsp3) is 0.120. The van der Waals surface area contributed by atoms with E-state index in [1.165, 1.54) is 4.90 Å². The predicted molar refractivity (Wildman–Crippen MR) is 117 cm³/mol. The first-order chi connectivity index (χ1) is 15.0. The van der Waals surface area contributed by atoms with Crippen molar-refractivity contribution in [3.63, 3.8) is 0 Å². The highest BCUT2D eigenvalue weighted by Gasteiger charge is 2.46. The van der Waals surface area contributed by atoms with E-state index in [-0.39, 0.29) is 11.3 Å². The van der Waals surface area contributed by atoms with Crippen LogP contribution in [0.2, 0.25) is 0 Å². The molecule has 31 heavy (non-hydrogen) atoms. The van der Waals surface area contributed by atoms with E-state index in [0.717, 1.165) is 0 Å². The Hall–Kier alpha value is -4.06. The minimum Gasteiger partial charge on any atom is -0.507 e. The molecule has 1 atom stereocenters. The van der Waals surface area contributed by atoms with Crippen LogP contribution in [0, 0.1) is 0 Å². The molecule has 1 fully saturated rings. The van der Waals surface area contributed by atoms with Crippen LogP contribution in [0.1, 0.15) is 17.2 Å². The van der Waals surface area contributed by atoms with E-state index in [1.54, 1.807) is 62.8 Å². The molecule has 1 saturated heterocycles. The minimum absolute atomic E-state index is 0.0391. The van der Waals surface area contributed by atoms with Crippen LogP contribution in [-0.4, -0.2) is 31.0 Å². The number of benzene rings is 3. The number of ether oxygens (including phenoxy) is 2. The number of amides is 1. The van der Waals surface area contributed by atoms with Gasteiger partial charge in [0.15, 0.2) is 0 Å². The summed E-state index contributed by atoms with van der Waals surface area (Å²) in [6, 6.07) is 22.0. The Morgan fingerprint density at radius 3 is 1.90 bits per heavy atom. The number of anilines is 1. The van der Waals surface area contributed by atoms with E-state index >= 15 is 0 Å². The normalized spacial score (nSPS) is 17.6. The maximum Gasteiger partial charge on any atom is 0.300 e. The van der Waals surface area contributed by atoms with Gasteiger partial charge in [0.2, 0.25) is 0 Å². The van der Waals surface area contributed by atoms with Crippen molar-refractivity contribution in [3.05, 3.63) is 95.6 Å². The molecule has 6 nitrogen and oxygen atoms in total. The highest BCUT2D eigenvalue weighted by molar-refractivity contribution is 6.51. The average Bonchev–Trinajstić information content (AvgIpc) is 3.09. The van der Waals surface area contributed by atoms with Gasteiger partial charge < -0.3 is 14.6 Å². The molecule has 156 valence electrons. The van der Waals surface area contributed by atoms with Gasteiger partial charge >= 0.3 is 0 Å². The number of aliphatic hydroxyl groups excluding tert-OH is 1. The Morgan fingerprint density at radius 2 is 1.35 bits per heavy atom. The number of hydrogen-bond donors (Lipinski definition) is 1. The topological polar surface area (TPSA) is 76.1 Å². The Labute approximate surface area is 180 Å². The van der Waals surface area contributed by atoms with Gasteiger partial charge in [0, 0.05) is 11.3 Å². The summed E-state index contributed by atoms with van der Waals surface area (Å²) in [7, 11) is 3.10. The number of carbonyl (C=O) groups is 2. The van der Waals surface area contributed by atoms with Gasteiger partial charge in [0.25, 0.3) is 11.7 Å². The number of nitrogens with zero attached hydrogens (tertiary/aromatic N) is 1. The molecule has 0 radical (unpaired) electrons. The van der Waals surface area contributed by atoms with Crippen LogP contribution < -0.4 is 14.4 Å². The Morgan fingerprint density at radius 1 is 0.806 bits per heavy atom. The molecule has 1 aliphatic heterocycles. The molecule has 0 spiro atoms. The first kappa shape index (κ1) is 20.2. The summed E-state index contributed by atoms with van der Waals surface area (Å²) in [4.78, 5) is 27.6. The third-order valence-corrected chi connectivity index (χ3v) is 5.27. The molecule has 3 aromatic rings. The van der Waals surface area contributed by atoms with Gasteiger partial charge in [0.1, 0.15) is 17.3 Å². The number of ketones is 1. The summed E-state index contributed by atoms with van der Waals surface area (Å²) in [5.74, 6) is -0.414. The molecule has 0 aliphatic carbocycles. The number of hydrogen-bond acceptors (Lipinski definition) is 5. The van der Waals surface area contributed by atoms with Crippen molar-refractivity contribution in [3.8, 4) is 11.5 Å². The van der Waals surface area contributed by atoms with Gasteiger partial charge in [0.05, 0.1) is 25.8 Å². The highest BCUT2D eigenvalue weighted by Crippen LogP contribution is 2.42. The second-order valence-electron chi connectivity index (χ2n) is 7.01. The molecule has 0 aromatic heterocycles. The van der Waals surface area contributed by atoms with E-state index in [2.05, 4.69) is 0 Å². The quantitative estimate of drug-likeness (QED) is 0.381. The van der Waals surface area contributed by atoms with E-state index < -0.39 is 17.7 Å². The van der Waals surface area contributed by atoms with Gasteiger partial charge in [-0.05, 0) is 54.1 Å². The van der Waals surface area contributed by atoms with Crippen molar-refractivity contribution < 1.29 is 24.2 Å². The lowest BCUT2D eigenvalue weighted by Crippen LogP contribution is -2.29.